The van der Waals surface area contributed by atoms with Crippen molar-refractivity contribution in [3.63, 3.8) is 0 Å². The molecule has 4 nitrogen and oxygen atoms in total. The van der Waals surface area contributed by atoms with Crippen molar-refractivity contribution < 1.29 is 19.4 Å². The fourth-order valence-electron chi connectivity index (χ4n) is 0.454. The van der Waals surface area contributed by atoms with Gasteiger partial charge >= 0.3 is 11.9 Å². The van der Waals surface area contributed by atoms with Gasteiger partial charge in [0.1, 0.15) is 0 Å². The second kappa shape index (κ2) is 5.76. The molecule has 2 radical (unpaired) electrons. The average Bonchev–Trinajstić information content (AvgIpc) is 1.97. The highest BCUT2D eigenvalue weighted by Crippen LogP contribution is 1.92. The Morgan fingerprint density at radius 3 is 2.45 bits per heavy atom. The minimum atomic E-state index is -1.00. The van der Waals surface area contributed by atoms with Crippen LogP contribution < -0.4 is 0 Å². The maximum Gasteiger partial charge on any atom is 0.306 e. The summed E-state index contributed by atoms with van der Waals surface area (Å²) in [6, 6.07) is 0. The Morgan fingerprint density at radius 1 is 1.36 bits per heavy atom. The topological polar surface area (TPSA) is 63.6 Å². The zero-order chi connectivity index (χ0) is 8.69. The van der Waals surface area contributed by atoms with E-state index in [0.717, 1.165) is 0 Å². The fourth-order valence-corrected chi connectivity index (χ4v) is 0.454. The van der Waals surface area contributed by atoms with Gasteiger partial charge in [-0.25, -0.2) is 0 Å². The van der Waals surface area contributed by atoms with Crippen LogP contribution in [0.3, 0.4) is 0 Å². The molecule has 0 saturated carbocycles. The molecule has 60 valence electrons. The van der Waals surface area contributed by atoms with E-state index in [1.807, 2.05) is 0 Å². The normalized spacial score (nSPS) is 9.09. The summed E-state index contributed by atoms with van der Waals surface area (Å²) in [5.74, 6) is -1.52. The van der Waals surface area contributed by atoms with Crippen molar-refractivity contribution in [1.29, 1.82) is 0 Å². The SMILES string of the molecule is [B]CCOC(=O)CCC(=O)O. The molecule has 0 amide bonds. The first kappa shape index (κ1) is 10.0. The van der Waals surface area contributed by atoms with Crippen LogP contribution >= 0.6 is 0 Å². The molecule has 0 rings (SSSR count). The molecule has 0 fully saturated rings. The van der Waals surface area contributed by atoms with Crippen LogP contribution in [0.1, 0.15) is 12.8 Å². The number of carboxylic acid groups (broad SMARTS) is 1. The molecule has 0 aliphatic rings. The molecule has 0 bridgehead atoms. The molecule has 0 atom stereocenters. The van der Waals surface area contributed by atoms with Gasteiger partial charge in [0.15, 0.2) is 0 Å². The van der Waals surface area contributed by atoms with Crippen LogP contribution in [0.4, 0.5) is 0 Å². The molecule has 0 unspecified atom stereocenters. The smallest absolute Gasteiger partial charge is 0.306 e. The Hall–Kier alpha value is -0.995. The van der Waals surface area contributed by atoms with E-state index in [9.17, 15) is 9.59 Å². The van der Waals surface area contributed by atoms with E-state index in [4.69, 9.17) is 13.0 Å². The number of rotatable bonds is 5. The van der Waals surface area contributed by atoms with Crippen molar-refractivity contribution in [3.05, 3.63) is 0 Å². The number of carbonyl (C=O) groups is 2. The summed E-state index contributed by atoms with van der Waals surface area (Å²) < 4.78 is 4.51. The van der Waals surface area contributed by atoms with Crippen molar-refractivity contribution in [3.8, 4) is 0 Å². The van der Waals surface area contributed by atoms with E-state index in [2.05, 4.69) is 4.74 Å². The number of aliphatic carboxylic acids is 1. The number of esters is 1. The predicted molar refractivity (Wildman–Crippen MR) is 38.4 cm³/mol. The highest BCUT2D eigenvalue weighted by atomic mass is 16.5. The van der Waals surface area contributed by atoms with Crippen LogP contribution in [0.5, 0.6) is 0 Å². The van der Waals surface area contributed by atoms with Crippen LogP contribution in [0.15, 0.2) is 0 Å². The Balaban J connectivity index is 3.30. The minimum absolute atomic E-state index is 0.0880. The van der Waals surface area contributed by atoms with E-state index in [1.54, 1.807) is 0 Å². The van der Waals surface area contributed by atoms with Gasteiger partial charge in [-0.2, -0.15) is 0 Å². The van der Waals surface area contributed by atoms with E-state index in [-0.39, 0.29) is 25.8 Å². The highest BCUT2D eigenvalue weighted by Gasteiger charge is 2.04. The molecule has 0 aromatic heterocycles. The summed E-state index contributed by atoms with van der Waals surface area (Å²) in [5.41, 5.74) is 0. The van der Waals surface area contributed by atoms with Gasteiger partial charge < -0.3 is 9.84 Å². The molecule has 0 aliphatic carbocycles. The maximum absolute atomic E-state index is 10.6. The predicted octanol–water partition coefficient (Wildman–Crippen LogP) is -0.0188. The number of carbonyl (C=O) groups excluding carboxylic acids is 1. The van der Waals surface area contributed by atoms with Gasteiger partial charge in [0.2, 0.25) is 0 Å². The van der Waals surface area contributed by atoms with Gasteiger partial charge in [-0.1, -0.05) is 6.32 Å². The lowest BCUT2D eigenvalue weighted by molar-refractivity contribution is -0.147. The molecular weight excluding hydrogens is 147 g/mol. The van der Waals surface area contributed by atoms with Gasteiger partial charge in [0.05, 0.1) is 27.3 Å². The Labute approximate surface area is 65.9 Å². The summed E-state index contributed by atoms with van der Waals surface area (Å²) in [5, 5.41) is 8.16. The third-order valence-corrected chi connectivity index (χ3v) is 0.924. The van der Waals surface area contributed by atoms with Gasteiger partial charge in [-0.05, 0) is 0 Å². The zero-order valence-electron chi connectivity index (χ0n) is 6.08. The summed E-state index contributed by atoms with van der Waals surface area (Å²) >= 11 is 0. The van der Waals surface area contributed by atoms with Crippen LogP contribution in [0.2, 0.25) is 6.32 Å². The van der Waals surface area contributed by atoms with Crippen LogP contribution in [0, 0.1) is 0 Å². The Morgan fingerprint density at radius 2 is 2.00 bits per heavy atom. The Bertz CT molecular complexity index is 146. The molecule has 0 heterocycles. The largest absolute Gasteiger partial charge is 0.481 e. The quantitative estimate of drug-likeness (QED) is 0.448. The first-order valence-corrected chi connectivity index (χ1v) is 3.24. The average molecular weight is 156 g/mol. The molecule has 11 heavy (non-hydrogen) atoms. The molecule has 0 aliphatic heterocycles. The first-order valence-electron chi connectivity index (χ1n) is 3.24. The van der Waals surface area contributed by atoms with Crippen molar-refractivity contribution in [2.45, 2.75) is 19.2 Å². The third-order valence-electron chi connectivity index (χ3n) is 0.924. The molecule has 0 spiro atoms. The molecule has 5 heteroatoms. The standard InChI is InChI=1S/C6H9BO4/c7-3-4-11-6(10)2-1-5(8)9/h1-4H2,(H,8,9). The van der Waals surface area contributed by atoms with Gasteiger partial charge in [0, 0.05) is 0 Å². The van der Waals surface area contributed by atoms with Crippen molar-refractivity contribution in [2.75, 3.05) is 6.61 Å². The molecule has 0 aromatic carbocycles. The highest BCUT2D eigenvalue weighted by molar-refractivity contribution is 6.08. The lowest BCUT2D eigenvalue weighted by Gasteiger charge is -1.99. The zero-order valence-corrected chi connectivity index (χ0v) is 6.08. The lowest BCUT2D eigenvalue weighted by atomic mass is 10.1. The first-order chi connectivity index (χ1) is 5.16. The molecule has 0 saturated heterocycles. The number of ether oxygens (including phenoxy) is 1. The minimum Gasteiger partial charge on any atom is -0.481 e. The second-order valence-electron chi connectivity index (χ2n) is 1.90. The van der Waals surface area contributed by atoms with E-state index >= 15 is 0 Å². The van der Waals surface area contributed by atoms with Crippen LogP contribution in [-0.4, -0.2) is 31.5 Å². The van der Waals surface area contributed by atoms with Crippen molar-refractivity contribution >= 4 is 19.8 Å². The lowest BCUT2D eigenvalue weighted by Crippen LogP contribution is -2.07. The van der Waals surface area contributed by atoms with Gasteiger partial charge in [-0.3, -0.25) is 9.59 Å². The molecular formula is C6H9BO4. The summed E-state index contributed by atoms with van der Waals surface area (Å²) in [4.78, 5) is 20.5. The number of hydrogen-bond donors (Lipinski definition) is 1. The van der Waals surface area contributed by atoms with Crippen LogP contribution in [-0.2, 0) is 14.3 Å². The molecule has 0 aromatic rings. The van der Waals surface area contributed by atoms with E-state index in [1.165, 1.54) is 0 Å². The van der Waals surface area contributed by atoms with Crippen LogP contribution in [0.25, 0.3) is 0 Å². The van der Waals surface area contributed by atoms with Gasteiger partial charge in [0.25, 0.3) is 0 Å². The van der Waals surface area contributed by atoms with E-state index < -0.39 is 11.9 Å². The van der Waals surface area contributed by atoms with Crippen molar-refractivity contribution in [1.82, 2.24) is 0 Å². The summed E-state index contributed by atoms with van der Waals surface area (Å²) in [6.45, 7) is 0.151. The van der Waals surface area contributed by atoms with Gasteiger partial charge in [-0.15, -0.1) is 0 Å². The number of carboxylic acids is 1. The monoisotopic (exact) mass is 156 g/mol. The summed E-state index contributed by atoms with van der Waals surface area (Å²) in [7, 11) is 5.04. The maximum atomic E-state index is 10.6. The second-order valence-corrected chi connectivity index (χ2v) is 1.90. The third kappa shape index (κ3) is 6.90. The van der Waals surface area contributed by atoms with E-state index in [0.29, 0.717) is 0 Å². The Kier molecular flexibility index (Phi) is 5.24. The fraction of sp³-hybridized carbons (Fsp3) is 0.667. The number of hydrogen-bond acceptors (Lipinski definition) is 3. The molecule has 1 N–H and O–H groups in total. The van der Waals surface area contributed by atoms with Crippen molar-refractivity contribution in [2.24, 2.45) is 0 Å². The summed E-state index contributed by atoms with van der Waals surface area (Å²) in [6.07, 6.45) is -0.0163.